The monoisotopic (exact) mass is 232 g/mol. The molecule has 0 aliphatic rings. The van der Waals surface area contributed by atoms with Crippen LogP contribution in [0.4, 0.5) is 0 Å². The number of aliphatic carboxylic acids is 1. The zero-order valence-corrected chi connectivity index (χ0v) is 9.65. The number of rotatable bonds is 4. The molecule has 1 aromatic rings. The zero-order valence-electron chi connectivity index (χ0n) is 8.02. The smallest absolute Gasteiger partial charge is 0.310 e. The van der Waals surface area contributed by atoms with Crippen LogP contribution in [0.2, 0.25) is 0 Å². The van der Waals surface area contributed by atoms with E-state index in [1.54, 1.807) is 19.9 Å². The third kappa shape index (κ3) is 2.65. The van der Waals surface area contributed by atoms with Crippen LogP contribution in [0.25, 0.3) is 0 Å². The molecule has 14 heavy (non-hydrogen) atoms. The fourth-order valence-corrected chi connectivity index (χ4v) is 3.23. The highest BCUT2D eigenvalue weighted by atomic mass is 32.2. The van der Waals surface area contributed by atoms with Crippen molar-refractivity contribution in [2.45, 2.75) is 18.1 Å². The van der Waals surface area contributed by atoms with Crippen molar-refractivity contribution in [2.75, 3.05) is 5.75 Å². The molecule has 3 nitrogen and oxygen atoms in total. The molecule has 0 fully saturated rings. The number of carbonyl (C=O) groups is 1. The first-order valence-electron chi connectivity index (χ1n) is 4.09. The van der Waals surface area contributed by atoms with E-state index in [1.807, 2.05) is 11.4 Å². The van der Waals surface area contributed by atoms with Crippen LogP contribution in [0, 0.1) is 5.41 Å². The van der Waals surface area contributed by atoms with Gasteiger partial charge in [0.25, 0.3) is 0 Å². The highest BCUT2D eigenvalue weighted by Gasteiger charge is 2.30. The Hall–Kier alpha value is -0.680. The van der Waals surface area contributed by atoms with Gasteiger partial charge in [0.2, 0.25) is 0 Å². The van der Waals surface area contributed by atoms with E-state index in [0.29, 0.717) is 0 Å². The average Bonchev–Trinajstić information content (AvgIpc) is 2.54. The summed E-state index contributed by atoms with van der Waals surface area (Å²) in [4.78, 5) is 10.8. The molecule has 1 aromatic heterocycles. The second kappa shape index (κ2) is 4.23. The lowest BCUT2D eigenvalue weighted by Gasteiger charge is -2.17. The van der Waals surface area contributed by atoms with Gasteiger partial charge in [0.15, 0.2) is 0 Å². The van der Waals surface area contributed by atoms with Crippen LogP contribution in [0.5, 0.6) is 0 Å². The summed E-state index contributed by atoms with van der Waals surface area (Å²) in [7, 11) is -1.20. The number of carboxylic acids is 1. The molecular formula is C9H12O3S2. The van der Waals surface area contributed by atoms with Gasteiger partial charge in [0, 0.05) is 5.75 Å². The molecule has 0 amide bonds. The Labute approximate surface area is 89.2 Å². The van der Waals surface area contributed by atoms with Gasteiger partial charge in [-0.1, -0.05) is 6.07 Å². The Kier molecular flexibility index (Phi) is 3.44. The lowest BCUT2D eigenvalue weighted by atomic mass is 9.97. The highest BCUT2D eigenvalue weighted by molar-refractivity contribution is 7.87. The van der Waals surface area contributed by atoms with Crippen molar-refractivity contribution >= 4 is 28.1 Å². The molecular weight excluding hydrogens is 220 g/mol. The first-order chi connectivity index (χ1) is 6.43. The average molecular weight is 232 g/mol. The Balaban J connectivity index is 2.71. The second-order valence-corrected chi connectivity index (χ2v) is 6.24. The van der Waals surface area contributed by atoms with Crippen LogP contribution in [0.3, 0.4) is 0 Å². The van der Waals surface area contributed by atoms with Crippen LogP contribution in [0.15, 0.2) is 21.7 Å². The predicted octanol–water partition coefficient (Wildman–Crippen LogP) is 1.97. The third-order valence-electron chi connectivity index (χ3n) is 1.79. The standard InChI is InChI=1S/C9H12O3S2/c1-9(2,8(10)11)6-14(12)7-4-3-5-13-7/h3-5H,6H2,1-2H3,(H,10,11). The fourth-order valence-electron chi connectivity index (χ4n) is 0.854. The molecule has 0 saturated heterocycles. The Morgan fingerprint density at radius 3 is 2.71 bits per heavy atom. The van der Waals surface area contributed by atoms with E-state index in [-0.39, 0.29) is 5.75 Å². The number of carboxylic acid groups (broad SMARTS) is 1. The fraction of sp³-hybridized carbons (Fsp3) is 0.444. The highest BCUT2D eigenvalue weighted by Crippen LogP contribution is 2.22. The molecule has 1 unspecified atom stereocenters. The molecule has 0 bridgehead atoms. The molecule has 0 aliphatic heterocycles. The third-order valence-corrected chi connectivity index (χ3v) is 4.87. The van der Waals surface area contributed by atoms with E-state index in [2.05, 4.69) is 0 Å². The van der Waals surface area contributed by atoms with Gasteiger partial charge >= 0.3 is 5.97 Å². The molecule has 78 valence electrons. The molecule has 0 radical (unpaired) electrons. The lowest BCUT2D eigenvalue weighted by Crippen LogP contribution is -2.29. The van der Waals surface area contributed by atoms with Crippen molar-refractivity contribution in [1.82, 2.24) is 0 Å². The topological polar surface area (TPSA) is 54.4 Å². The van der Waals surface area contributed by atoms with E-state index in [9.17, 15) is 9.00 Å². The minimum absolute atomic E-state index is 0.156. The number of hydrogen-bond donors (Lipinski definition) is 1. The van der Waals surface area contributed by atoms with E-state index < -0.39 is 22.2 Å². The van der Waals surface area contributed by atoms with Crippen LogP contribution >= 0.6 is 11.3 Å². The Morgan fingerprint density at radius 1 is 1.64 bits per heavy atom. The largest absolute Gasteiger partial charge is 0.481 e. The maximum absolute atomic E-state index is 11.7. The molecule has 1 N–H and O–H groups in total. The van der Waals surface area contributed by atoms with Crippen LogP contribution < -0.4 is 0 Å². The molecule has 1 rings (SSSR count). The summed E-state index contributed by atoms with van der Waals surface area (Å²) in [6.45, 7) is 3.17. The molecule has 5 heteroatoms. The predicted molar refractivity (Wildman–Crippen MR) is 57.0 cm³/mol. The SMILES string of the molecule is CC(C)(CS(=O)c1cccs1)C(=O)O. The van der Waals surface area contributed by atoms with Crippen LogP contribution in [-0.2, 0) is 15.6 Å². The Morgan fingerprint density at radius 2 is 2.29 bits per heavy atom. The van der Waals surface area contributed by atoms with Crippen molar-refractivity contribution in [3.8, 4) is 0 Å². The van der Waals surface area contributed by atoms with Gasteiger partial charge in [-0.05, 0) is 25.3 Å². The maximum atomic E-state index is 11.7. The summed E-state index contributed by atoms with van der Waals surface area (Å²) in [6, 6.07) is 3.57. The van der Waals surface area contributed by atoms with E-state index in [0.717, 1.165) is 4.21 Å². The van der Waals surface area contributed by atoms with Gasteiger partial charge in [0.05, 0.1) is 20.4 Å². The van der Waals surface area contributed by atoms with Gasteiger partial charge in [-0.25, -0.2) is 0 Å². The minimum atomic E-state index is -1.20. The van der Waals surface area contributed by atoms with Crippen LogP contribution in [-0.4, -0.2) is 21.0 Å². The summed E-state index contributed by atoms with van der Waals surface area (Å²) >= 11 is 1.39. The van der Waals surface area contributed by atoms with Crippen molar-refractivity contribution in [1.29, 1.82) is 0 Å². The van der Waals surface area contributed by atoms with Crippen molar-refractivity contribution in [2.24, 2.45) is 5.41 Å². The molecule has 0 spiro atoms. The summed E-state index contributed by atoms with van der Waals surface area (Å²) < 4.78 is 12.4. The lowest BCUT2D eigenvalue weighted by molar-refractivity contribution is -0.145. The van der Waals surface area contributed by atoms with Gasteiger partial charge in [-0.15, -0.1) is 11.3 Å². The van der Waals surface area contributed by atoms with Crippen molar-refractivity contribution in [3.05, 3.63) is 17.5 Å². The molecule has 0 aliphatic carbocycles. The quantitative estimate of drug-likeness (QED) is 0.863. The first-order valence-corrected chi connectivity index (χ1v) is 6.28. The van der Waals surface area contributed by atoms with Gasteiger partial charge < -0.3 is 5.11 Å². The van der Waals surface area contributed by atoms with Gasteiger partial charge in [-0.3, -0.25) is 9.00 Å². The van der Waals surface area contributed by atoms with E-state index in [1.165, 1.54) is 11.3 Å². The number of thiophene rings is 1. The van der Waals surface area contributed by atoms with E-state index in [4.69, 9.17) is 5.11 Å². The zero-order chi connectivity index (χ0) is 10.8. The van der Waals surface area contributed by atoms with Crippen molar-refractivity contribution < 1.29 is 14.1 Å². The van der Waals surface area contributed by atoms with E-state index >= 15 is 0 Å². The normalized spacial score (nSPS) is 13.9. The number of hydrogen-bond acceptors (Lipinski definition) is 3. The molecule has 0 saturated carbocycles. The van der Waals surface area contributed by atoms with Gasteiger partial charge in [-0.2, -0.15) is 0 Å². The van der Waals surface area contributed by atoms with Crippen LogP contribution in [0.1, 0.15) is 13.8 Å². The van der Waals surface area contributed by atoms with Crippen molar-refractivity contribution in [3.63, 3.8) is 0 Å². The van der Waals surface area contributed by atoms with Gasteiger partial charge in [0.1, 0.15) is 0 Å². The molecule has 0 aromatic carbocycles. The first kappa shape index (κ1) is 11.4. The summed E-state index contributed by atoms with van der Waals surface area (Å²) in [5.74, 6) is -0.759. The Bertz CT molecular complexity index is 341. The minimum Gasteiger partial charge on any atom is -0.481 e. The second-order valence-electron chi connectivity index (χ2n) is 3.61. The maximum Gasteiger partial charge on any atom is 0.310 e. The summed E-state index contributed by atoms with van der Waals surface area (Å²) in [5, 5.41) is 10.7. The summed E-state index contributed by atoms with van der Waals surface area (Å²) in [5.41, 5.74) is -0.936. The molecule has 1 heterocycles. The molecule has 1 atom stereocenters. The summed E-state index contributed by atoms with van der Waals surface area (Å²) in [6.07, 6.45) is 0.